The van der Waals surface area contributed by atoms with Gasteiger partial charge in [-0.05, 0) is 45.4 Å². The van der Waals surface area contributed by atoms with E-state index in [2.05, 4.69) is 20.5 Å². The molecule has 0 fully saturated rings. The van der Waals surface area contributed by atoms with E-state index in [1.807, 2.05) is 45.0 Å². The molecule has 0 unspecified atom stereocenters. The van der Waals surface area contributed by atoms with Crippen LogP contribution in [0.3, 0.4) is 0 Å². The maximum atomic E-state index is 11.7. The monoisotopic (exact) mass is 383 g/mol. The molecule has 8 nitrogen and oxygen atoms in total. The second-order valence-corrected chi connectivity index (χ2v) is 7.35. The number of carbonyl (C=O) groups excluding carboxylic acids is 1. The van der Waals surface area contributed by atoms with Crippen LogP contribution in [-0.4, -0.2) is 40.0 Å². The fourth-order valence-electron chi connectivity index (χ4n) is 2.73. The van der Waals surface area contributed by atoms with Crippen LogP contribution in [0.15, 0.2) is 36.5 Å². The summed E-state index contributed by atoms with van der Waals surface area (Å²) in [6.07, 6.45) is 1.93. The van der Waals surface area contributed by atoms with Crippen molar-refractivity contribution in [1.82, 2.24) is 20.5 Å². The molecule has 8 heteroatoms. The number of carbonyl (C=O) groups is 1. The lowest BCUT2D eigenvalue weighted by Gasteiger charge is -2.19. The predicted molar refractivity (Wildman–Crippen MR) is 108 cm³/mol. The van der Waals surface area contributed by atoms with Crippen LogP contribution >= 0.6 is 0 Å². The number of benzene rings is 1. The molecule has 28 heavy (non-hydrogen) atoms. The Labute approximate surface area is 163 Å². The van der Waals surface area contributed by atoms with Crippen LogP contribution in [0.2, 0.25) is 0 Å². The molecule has 0 aliphatic rings. The van der Waals surface area contributed by atoms with Crippen molar-refractivity contribution < 1.29 is 14.3 Å². The first-order chi connectivity index (χ1) is 13.3. The number of fused-ring (bicyclic) bond motifs is 1. The van der Waals surface area contributed by atoms with Crippen molar-refractivity contribution in [3.05, 3.63) is 36.5 Å². The molecule has 4 N–H and O–H groups in total. The van der Waals surface area contributed by atoms with Gasteiger partial charge >= 0.3 is 6.09 Å². The molecule has 0 atom stereocenters. The molecule has 0 saturated heterocycles. The lowest BCUT2D eigenvalue weighted by molar-refractivity contribution is 0.0525. The van der Waals surface area contributed by atoms with Gasteiger partial charge in [0.2, 0.25) is 0 Å². The molecule has 0 aliphatic heterocycles. The number of amides is 1. The Morgan fingerprint density at radius 3 is 2.82 bits per heavy atom. The van der Waals surface area contributed by atoms with Gasteiger partial charge in [0.05, 0.1) is 23.4 Å². The van der Waals surface area contributed by atoms with E-state index in [9.17, 15) is 4.79 Å². The fraction of sp³-hybridized carbons (Fsp3) is 0.350. The van der Waals surface area contributed by atoms with Crippen molar-refractivity contribution in [2.75, 3.05) is 18.9 Å². The minimum Gasteiger partial charge on any atom is -0.493 e. The van der Waals surface area contributed by atoms with Gasteiger partial charge in [0.25, 0.3) is 0 Å². The number of nitrogen functional groups attached to an aromatic ring is 1. The van der Waals surface area contributed by atoms with Gasteiger partial charge in [-0.15, -0.1) is 0 Å². The highest BCUT2D eigenvalue weighted by molar-refractivity contribution is 5.96. The standard InChI is InChI=1S/C20H25N5O3/c1-20(2,3)28-19(26)23-10-5-11-27-15-8-7-13-6-4-9-22-18(13)17(15)14-12-16(21)25-24-14/h4,6-9,12H,5,10-11H2,1-3H3,(H,23,26)(H3,21,24,25). The lowest BCUT2D eigenvalue weighted by Crippen LogP contribution is -2.33. The maximum Gasteiger partial charge on any atom is 0.407 e. The number of alkyl carbamates (subject to hydrolysis) is 1. The summed E-state index contributed by atoms with van der Waals surface area (Å²) in [6, 6.07) is 9.48. The van der Waals surface area contributed by atoms with Crippen molar-refractivity contribution in [2.24, 2.45) is 0 Å². The average molecular weight is 383 g/mol. The number of aromatic nitrogens is 3. The second kappa shape index (κ2) is 8.16. The van der Waals surface area contributed by atoms with Crippen LogP contribution < -0.4 is 15.8 Å². The van der Waals surface area contributed by atoms with Crippen molar-refractivity contribution in [3.63, 3.8) is 0 Å². The number of nitrogens with one attached hydrogen (secondary N) is 2. The number of pyridine rings is 1. The Morgan fingerprint density at radius 1 is 1.29 bits per heavy atom. The van der Waals surface area contributed by atoms with E-state index >= 15 is 0 Å². The van der Waals surface area contributed by atoms with E-state index in [4.69, 9.17) is 15.2 Å². The molecule has 0 spiro atoms. The molecule has 2 aromatic heterocycles. The molecule has 2 heterocycles. The maximum absolute atomic E-state index is 11.7. The number of aromatic amines is 1. The van der Waals surface area contributed by atoms with Gasteiger partial charge in [-0.2, -0.15) is 5.10 Å². The van der Waals surface area contributed by atoms with Gasteiger partial charge in [0.1, 0.15) is 17.2 Å². The first kappa shape index (κ1) is 19.5. The zero-order valence-electron chi connectivity index (χ0n) is 16.3. The van der Waals surface area contributed by atoms with Crippen LogP contribution in [0.25, 0.3) is 22.2 Å². The molecule has 1 amide bonds. The van der Waals surface area contributed by atoms with Crippen molar-refractivity contribution in [1.29, 1.82) is 0 Å². The third kappa shape index (κ3) is 4.91. The van der Waals surface area contributed by atoms with Crippen LogP contribution in [0.1, 0.15) is 27.2 Å². The van der Waals surface area contributed by atoms with E-state index in [1.54, 1.807) is 12.3 Å². The lowest BCUT2D eigenvalue weighted by atomic mass is 10.1. The van der Waals surface area contributed by atoms with Gasteiger partial charge in [0, 0.05) is 24.2 Å². The zero-order valence-corrected chi connectivity index (χ0v) is 16.3. The summed E-state index contributed by atoms with van der Waals surface area (Å²) in [6.45, 7) is 6.35. The molecule has 0 bridgehead atoms. The third-order valence-electron chi connectivity index (χ3n) is 3.85. The highest BCUT2D eigenvalue weighted by Gasteiger charge is 2.16. The van der Waals surface area contributed by atoms with Crippen LogP contribution in [0.5, 0.6) is 5.75 Å². The number of nitrogens with two attached hydrogens (primary N) is 1. The quantitative estimate of drug-likeness (QED) is 0.561. The largest absolute Gasteiger partial charge is 0.493 e. The smallest absolute Gasteiger partial charge is 0.407 e. The molecule has 0 saturated carbocycles. The molecular formula is C20H25N5O3. The SMILES string of the molecule is CC(C)(C)OC(=O)NCCCOc1ccc2cccnc2c1-c1cc(N)n[nH]1. The van der Waals surface area contributed by atoms with Crippen LogP contribution in [0.4, 0.5) is 10.6 Å². The van der Waals surface area contributed by atoms with E-state index in [1.165, 1.54) is 0 Å². The Kier molecular flexibility index (Phi) is 5.67. The van der Waals surface area contributed by atoms with Crippen LogP contribution in [0, 0.1) is 0 Å². The number of hydrogen-bond donors (Lipinski definition) is 3. The highest BCUT2D eigenvalue weighted by atomic mass is 16.6. The Hall–Kier alpha value is -3.29. The average Bonchev–Trinajstić information content (AvgIpc) is 3.05. The number of ether oxygens (including phenoxy) is 2. The van der Waals surface area contributed by atoms with E-state index < -0.39 is 11.7 Å². The van der Waals surface area contributed by atoms with E-state index in [0.29, 0.717) is 31.1 Å². The molecule has 148 valence electrons. The molecule has 0 aliphatic carbocycles. The summed E-state index contributed by atoms with van der Waals surface area (Å²) in [7, 11) is 0. The topological polar surface area (TPSA) is 115 Å². The van der Waals surface area contributed by atoms with E-state index in [-0.39, 0.29) is 0 Å². The summed E-state index contributed by atoms with van der Waals surface area (Å²) < 4.78 is 11.2. The van der Waals surface area contributed by atoms with Gasteiger partial charge in [-0.25, -0.2) is 4.79 Å². The van der Waals surface area contributed by atoms with Gasteiger partial charge < -0.3 is 20.5 Å². The normalized spacial score (nSPS) is 11.4. The highest BCUT2D eigenvalue weighted by Crippen LogP contribution is 2.35. The summed E-state index contributed by atoms with van der Waals surface area (Å²) in [4.78, 5) is 16.2. The van der Waals surface area contributed by atoms with E-state index in [0.717, 1.165) is 22.2 Å². The predicted octanol–water partition coefficient (Wildman–Crippen LogP) is 3.50. The molecule has 1 aromatic carbocycles. The zero-order chi connectivity index (χ0) is 20.1. The van der Waals surface area contributed by atoms with Crippen molar-refractivity contribution >= 4 is 22.8 Å². The van der Waals surface area contributed by atoms with Gasteiger partial charge in [-0.1, -0.05) is 6.07 Å². The summed E-state index contributed by atoms with van der Waals surface area (Å²) in [5.74, 6) is 1.07. The minimum atomic E-state index is -0.514. The summed E-state index contributed by atoms with van der Waals surface area (Å²) in [5, 5.41) is 10.6. The first-order valence-corrected chi connectivity index (χ1v) is 9.12. The Balaban J connectivity index is 1.67. The number of rotatable bonds is 6. The Bertz CT molecular complexity index is 962. The molecular weight excluding hydrogens is 358 g/mol. The van der Waals surface area contributed by atoms with Gasteiger partial charge in [0.15, 0.2) is 0 Å². The fourth-order valence-corrected chi connectivity index (χ4v) is 2.73. The minimum absolute atomic E-state index is 0.399. The molecule has 3 rings (SSSR count). The van der Waals surface area contributed by atoms with Crippen LogP contribution in [-0.2, 0) is 4.74 Å². The number of H-pyrrole nitrogens is 1. The number of hydrogen-bond acceptors (Lipinski definition) is 6. The number of anilines is 1. The second-order valence-electron chi connectivity index (χ2n) is 7.35. The molecule has 0 radical (unpaired) electrons. The Morgan fingerprint density at radius 2 is 2.11 bits per heavy atom. The summed E-state index contributed by atoms with van der Waals surface area (Å²) >= 11 is 0. The number of nitrogens with zero attached hydrogens (tertiary/aromatic N) is 2. The molecule has 3 aromatic rings. The first-order valence-electron chi connectivity index (χ1n) is 9.12. The van der Waals surface area contributed by atoms with Crippen molar-refractivity contribution in [3.8, 4) is 17.0 Å². The summed E-state index contributed by atoms with van der Waals surface area (Å²) in [5.41, 5.74) is 7.60. The third-order valence-corrected chi connectivity index (χ3v) is 3.85. The van der Waals surface area contributed by atoms with Crippen molar-refractivity contribution in [2.45, 2.75) is 32.8 Å². The van der Waals surface area contributed by atoms with Gasteiger partial charge in [-0.3, -0.25) is 10.1 Å².